The van der Waals surface area contributed by atoms with Gasteiger partial charge in [0.05, 0.1) is 0 Å². The number of allylic oxidation sites excluding steroid dienone is 3. The third-order valence-corrected chi connectivity index (χ3v) is 8.74. The summed E-state index contributed by atoms with van der Waals surface area (Å²) in [6.45, 7) is 10.1. The monoisotopic (exact) mass is 356 g/mol. The number of fused-ring (bicyclic) bond motifs is 5. The van der Waals surface area contributed by atoms with E-state index in [1.807, 2.05) is 6.92 Å². The van der Waals surface area contributed by atoms with Crippen LogP contribution in [0.3, 0.4) is 0 Å². The van der Waals surface area contributed by atoms with Gasteiger partial charge in [-0.15, -0.1) is 0 Å². The van der Waals surface area contributed by atoms with Gasteiger partial charge < -0.3 is 10.6 Å². The topological polar surface area (TPSA) is 41.1 Å². The lowest BCUT2D eigenvalue weighted by Gasteiger charge is -2.58. The molecule has 0 aromatic rings. The van der Waals surface area contributed by atoms with Gasteiger partial charge in [-0.1, -0.05) is 37.1 Å². The van der Waals surface area contributed by atoms with Crippen LogP contribution in [-0.4, -0.2) is 18.6 Å². The number of amides is 2. The van der Waals surface area contributed by atoms with Crippen molar-refractivity contribution in [2.45, 2.75) is 78.7 Å². The van der Waals surface area contributed by atoms with E-state index in [-0.39, 0.29) is 6.03 Å². The molecule has 2 saturated carbocycles. The second kappa shape index (κ2) is 6.42. The second-order valence-electron chi connectivity index (χ2n) is 9.78. The van der Waals surface area contributed by atoms with Gasteiger partial charge in [0, 0.05) is 12.6 Å². The van der Waals surface area contributed by atoms with Crippen LogP contribution >= 0.6 is 0 Å². The average Bonchev–Trinajstić information content (AvgIpc) is 2.91. The number of carbonyl (C=O) groups excluding carboxylic acids is 1. The van der Waals surface area contributed by atoms with E-state index in [0.717, 1.165) is 30.6 Å². The molecule has 4 aliphatic rings. The smallest absolute Gasteiger partial charge is 0.315 e. The minimum Gasteiger partial charge on any atom is -0.338 e. The van der Waals surface area contributed by atoms with Crippen molar-refractivity contribution in [1.29, 1.82) is 0 Å². The third-order valence-electron chi connectivity index (χ3n) is 8.74. The Kier molecular flexibility index (Phi) is 4.48. The van der Waals surface area contributed by atoms with Crippen molar-refractivity contribution in [3.8, 4) is 0 Å². The number of hydrogen-bond acceptors (Lipinski definition) is 1. The summed E-state index contributed by atoms with van der Waals surface area (Å²) in [5.74, 6) is 2.54. The molecule has 3 nitrogen and oxygen atoms in total. The summed E-state index contributed by atoms with van der Waals surface area (Å²) in [7, 11) is 0. The number of urea groups is 1. The quantitative estimate of drug-likeness (QED) is 0.657. The summed E-state index contributed by atoms with van der Waals surface area (Å²) >= 11 is 0. The van der Waals surface area contributed by atoms with Gasteiger partial charge in [-0.2, -0.15) is 0 Å². The summed E-state index contributed by atoms with van der Waals surface area (Å²) in [4.78, 5) is 11.9. The molecule has 0 aliphatic heterocycles. The zero-order valence-corrected chi connectivity index (χ0v) is 17.0. The molecule has 4 rings (SSSR count). The Labute approximate surface area is 159 Å². The van der Waals surface area contributed by atoms with E-state index in [2.05, 4.69) is 43.6 Å². The summed E-state index contributed by atoms with van der Waals surface area (Å²) in [6.07, 6.45) is 13.8. The van der Waals surface area contributed by atoms with Gasteiger partial charge in [-0.3, -0.25) is 0 Å². The second-order valence-corrected chi connectivity index (χ2v) is 9.78. The SMILES string of the molecule is CCNC(=O)N[C@@H]1CCC2(C)C(=CCC3C4CC=C(C)C4(C)CCC32)C1. The molecule has 2 fully saturated rings. The molecule has 2 amide bonds. The standard InChI is InChI=1S/C23H36N2O/c1-5-24-21(26)25-17-10-12-23(4)16(14-17)7-8-18-19-9-6-15(2)22(19,3)13-11-20(18)23/h6-7,17-20H,5,8-14H2,1-4H3,(H2,24,25,26)/t17-,18?,19?,20?,22?,23?/m1/s1. The van der Waals surface area contributed by atoms with E-state index >= 15 is 0 Å². The summed E-state index contributed by atoms with van der Waals surface area (Å²) in [5.41, 5.74) is 4.11. The fourth-order valence-corrected chi connectivity index (χ4v) is 6.96. The maximum absolute atomic E-state index is 11.9. The number of nitrogens with one attached hydrogen (secondary N) is 2. The van der Waals surface area contributed by atoms with Crippen LogP contribution in [0.4, 0.5) is 4.79 Å². The first kappa shape index (κ1) is 18.1. The highest BCUT2D eigenvalue weighted by molar-refractivity contribution is 5.74. The minimum absolute atomic E-state index is 0.00340. The maximum Gasteiger partial charge on any atom is 0.315 e. The average molecular weight is 357 g/mol. The van der Waals surface area contributed by atoms with Gasteiger partial charge in [-0.25, -0.2) is 4.79 Å². The first-order valence-corrected chi connectivity index (χ1v) is 10.8. The van der Waals surface area contributed by atoms with Crippen LogP contribution in [0.1, 0.15) is 72.6 Å². The van der Waals surface area contributed by atoms with Gasteiger partial charge in [-0.05, 0) is 87.4 Å². The molecule has 144 valence electrons. The molecule has 3 heteroatoms. The first-order valence-electron chi connectivity index (χ1n) is 10.8. The summed E-state index contributed by atoms with van der Waals surface area (Å²) in [5, 5.41) is 6.07. The number of rotatable bonds is 2. The lowest BCUT2D eigenvalue weighted by atomic mass is 9.47. The number of hydrogen-bond donors (Lipinski definition) is 2. The van der Waals surface area contributed by atoms with E-state index in [1.165, 1.54) is 32.1 Å². The molecule has 5 unspecified atom stereocenters. The Hall–Kier alpha value is -1.25. The van der Waals surface area contributed by atoms with Gasteiger partial charge in [0.25, 0.3) is 0 Å². The largest absolute Gasteiger partial charge is 0.338 e. The summed E-state index contributed by atoms with van der Waals surface area (Å²) in [6, 6.07) is 0.304. The van der Waals surface area contributed by atoms with Gasteiger partial charge >= 0.3 is 6.03 Å². The first-order chi connectivity index (χ1) is 12.4. The predicted molar refractivity (Wildman–Crippen MR) is 107 cm³/mol. The third kappa shape index (κ3) is 2.65. The van der Waals surface area contributed by atoms with Crippen molar-refractivity contribution in [3.63, 3.8) is 0 Å². The van der Waals surface area contributed by atoms with Crippen LogP contribution in [0.25, 0.3) is 0 Å². The maximum atomic E-state index is 11.9. The highest BCUT2D eigenvalue weighted by atomic mass is 16.2. The summed E-state index contributed by atoms with van der Waals surface area (Å²) < 4.78 is 0. The van der Waals surface area contributed by atoms with Crippen molar-refractivity contribution in [1.82, 2.24) is 10.6 Å². The van der Waals surface area contributed by atoms with E-state index < -0.39 is 0 Å². The van der Waals surface area contributed by atoms with E-state index in [4.69, 9.17) is 0 Å². The van der Waals surface area contributed by atoms with Crippen molar-refractivity contribution in [2.75, 3.05) is 6.54 Å². The molecule has 0 heterocycles. The van der Waals surface area contributed by atoms with Crippen molar-refractivity contribution < 1.29 is 4.79 Å². The fraction of sp³-hybridized carbons (Fsp3) is 0.783. The molecule has 2 N–H and O–H groups in total. The molecule has 0 aromatic carbocycles. The lowest BCUT2D eigenvalue weighted by Crippen LogP contribution is -2.52. The van der Waals surface area contributed by atoms with Crippen LogP contribution in [0.5, 0.6) is 0 Å². The molecular weight excluding hydrogens is 320 g/mol. The Balaban J connectivity index is 1.52. The molecule has 0 spiro atoms. The predicted octanol–water partition coefficient (Wildman–Crippen LogP) is 5.19. The Morgan fingerprint density at radius 2 is 1.88 bits per heavy atom. The minimum atomic E-state index is -0.00340. The van der Waals surface area contributed by atoms with Crippen LogP contribution < -0.4 is 10.6 Å². The molecular formula is C23H36N2O. The molecule has 0 aromatic heterocycles. The molecule has 0 bridgehead atoms. The van der Waals surface area contributed by atoms with Crippen LogP contribution in [-0.2, 0) is 0 Å². The Morgan fingerprint density at radius 1 is 1.12 bits per heavy atom. The normalized spacial score (nSPS) is 44.2. The Bertz CT molecular complexity index is 651. The van der Waals surface area contributed by atoms with E-state index in [1.54, 1.807) is 11.1 Å². The van der Waals surface area contributed by atoms with Crippen LogP contribution in [0.15, 0.2) is 23.3 Å². The van der Waals surface area contributed by atoms with Crippen LogP contribution in [0.2, 0.25) is 0 Å². The number of carbonyl (C=O) groups is 1. The van der Waals surface area contributed by atoms with Crippen molar-refractivity contribution in [3.05, 3.63) is 23.3 Å². The van der Waals surface area contributed by atoms with E-state index in [0.29, 0.717) is 23.4 Å². The lowest BCUT2D eigenvalue weighted by molar-refractivity contribution is -0.0187. The zero-order chi connectivity index (χ0) is 18.5. The van der Waals surface area contributed by atoms with Gasteiger partial charge in [0.15, 0.2) is 0 Å². The molecule has 0 saturated heterocycles. The molecule has 0 radical (unpaired) electrons. The van der Waals surface area contributed by atoms with E-state index in [9.17, 15) is 4.79 Å². The highest BCUT2D eigenvalue weighted by Gasteiger charge is 2.56. The fourth-order valence-electron chi connectivity index (χ4n) is 6.96. The van der Waals surface area contributed by atoms with Crippen LogP contribution in [0, 0.1) is 28.6 Å². The molecule has 6 atom stereocenters. The zero-order valence-electron chi connectivity index (χ0n) is 17.0. The molecule has 26 heavy (non-hydrogen) atoms. The Morgan fingerprint density at radius 3 is 2.65 bits per heavy atom. The molecule has 4 aliphatic carbocycles. The van der Waals surface area contributed by atoms with Gasteiger partial charge in [0.1, 0.15) is 0 Å². The van der Waals surface area contributed by atoms with Crippen molar-refractivity contribution in [2.24, 2.45) is 28.6 Å². The van der Waals surface area contributed by atoms with Gasteiger partial charge in [0.2, 0.25) is 0 Å². The van der Waals surface area contributed by atoms with Crippen molar-refractivity contribution >= 4 is 6.03 Å². The highest BCUT2D eigenvalue weighted by Crippen LogP contribution is 2.64.